The molecule has 0 saturated carbocycles. The van der Waals surface area contributed by atoms with E-state index in [4.69, 9.17) is 9.47 Å². The zero-order valence-electron chi connectivity index (χ0n) is 10.7. The fourth-order valence-corrected chi connectivity index (χ4v) is 1.50. The van der Waals surface area contributed by atoms with Crippen molar-refractivity contribution < 1.29 is 9.47 Å². The van der Waals surface area contributed by atoms with Crippen molar-refractivity contribution in [2.24, 2.45) is 5.92 Å². The second-order valence-corrected chi connectivity index (χ2v) is 4.31. The average molecular weight is 217 g/mol. The maximum Gasteiger partial charge on any atom is 0.0618 e. The number of rotatable bonds is 10. The summed E-state index contributed by atoms with van der Waals surface area (Å²) in [6.45, 7) is 7.21. The lowest BCUT2D eigenvalue weighted by molar-refractivity contribution is 0.146. The molecule has 0 spiro atoms. The van der Waals surface area contributed by atoms with Crippen molar-refractivity contribution in [2.45, 2.75) is 39.2 Å². The van der Waals surface area contributed by atoms with Crippen molar-refractivity contribution >= 4 is 0 Å². The summed E-state index contributed by atoms with van der Waals surface area (Å²) < 4.78 is 10.2. The summed E-state index contributed by atoms with van der Waals surface area (Å²) in [6.07, 6.45) is 3.61. The first-order chi connectivity index (χ1) is 7.22. The molecule has 0 fully saturated rings. The second kappa shape index (κ2) is 10.4. The molecule has 0 aromatic heterocycles. The lowest BCUT2D eigenvalue weighted by Gasteiger charge is -2.21. The monoisotopic (exact) mass is 217 g/mol. The van der Waals surface area contributed by atoms with Crippen LogP contribution in [-0.2, 0) is 9.47 Å². The molecule has 1 unspecified atom stereocenters. The van der Waals surface area contributed by atoms with Crippen LogP contribution < -0.4 is 5.32 Å². The maximum atomic E-state index is 5.18. The van der Waals surface area contributed by atoms with Crippen LogP contribution in [0.2, 0.25) is 0 Å². The third-order valence-corrected chi connectivity index (χ3v) is 2.58. The predicted molar refractivity (Wildman–Crippen MR) is 64.2 cm³/mol. The summed E-state index contributed by atoms with van der Waals surface area (Å²) in [4.78, 5) is 0. The molecular formula is C12H27NO2. The van der Waals surface area contributed by atoms with Gasteiger partial charge in [0, 0.05) is 26.9 Å². The Morgan fingerprint density at radius 2 is 1.73 bits per heavy atom. The SMILES string of the molecule is COCCCCCNC(COC)C(C)C. The summed E-state index contributed by atoms with van der Waals surface area (Å²) in [5.41, 5.74) is 0. The van der Waals surface area contributed by atoms with Crippen LogP contribution in [0.3, 0.4) is 0 Å². The smallest absolute Gasteiger partial charge is 0.0618 e. The van der Waals surface area contributed by atoms with E-state index < -0.39 is 0 Å². The largest absolute Gasteiger partial charge is 0.385 e. The minimum Gasteiger partial charge on any atom is -0.385 e. The first-order valence-electron chi connectivity index (χ1n) is 5.93. The van der Waals surface area contributed by atoms with E-state index in [-0.39, 0.29) is 0 Å². The fraction of sp³-hybridized carbons (Fsp3) is 1.00. The first kappa shape index (κ1) is 14.9. The van der Waals surface area contributed by atoms with Crippen LogP contribution in [0.5, 0.6) is 0 Å². The van der Waals surface area contributed by atoms with Gasteiger partial charge in [0.1, 0.15) is 0 Å². The number of ether oxygens (including phenoxy) is 2. The Labute approximate surface area is 94.5 Å². The van der Waals surface area contributed by atoms with Gasteiger partial charge in [-0.2, -0.15) is 0 Å². The quantitative estimate of drug-likeness (QED) is 0.568. The van der Waals surface area contributed by atoms with E-state index in [1.54, 1.807) is 14.2 Å². The Kier molecular flexibility index (Phi) is 10.3. The van der Waals surface area contributed by atoms with Crippen LogP contribution in [0, 0.1) is 5.92 Å². The second-order valence-electron chi connectivity index (χ2n) is 4.31. The molecule has 92 valence electrons. The van der Waals surface area contributed by atoms with Crippen molar-refractivity contribution in [3.05, 3.63) is 0 Å². The lowest BCUT2D eigenvalue weighted by Crippen LogP contribution is -2.38. The van der Waals surface area contributed by atoms with Crippen molar-refractivity contribution in [1.29, 1.82) is 0 Å². The van der Waals surface area contributed by atoms with Gasteiger partial charge in [-0.1, -0.05) is 13.8 Å². The van der Waals surface area contributed by atoms with Crippen molar-refractivity contribution in [3.63, 3.8) is 0 Å². The van der Waals surface area contributed by atoms with Crippen molar-refractivity contribution in [3.8, 4) is 0 Å². The third-order valence-electron chi connectivity index (χ3n) is 2.58. The fourth-order valence-electron chi connectivity index (χ4n) is 1.50. The molecule has 15 heavy (non-hydrogen) atoms. The standard InChI is InChI=1S/C12H27NO2/c1-11(2)12(10-15-4)13-8-6-5-7-9-14-3/h11-13H,5-10H2,1-4H3. The Morgan fingerprint density at radius 3 is 2.27 bits per heavy atom. The summed E-state index contributed by atoms with van der Waals surface area (Å²) >= 11 is 0. The highest BCUT2D eigenvalue weighted by Crippen LogP contribution is 2.02. The van der Waals surface area contributed by atoms with Gasteiger partial charge in [-0.25, -0.2) is 0 Å². The van der Waals surface area contributed by atoms with E-state index in [1.165, 1.54) is 12.8 Å². The van der Waals surface area contributed by atoms with E-state index in [2.05, 4.69) is 19.2 Å². The van der Waals surface area contributed by atoms with Crippen LogP contribution in [-0.4, -0.2) is 40.0 Å². The third kappa shape index (κ3) is 8.85. The normalized spacial score (nSPS) is 13.4. The number of methoxy groups -OCH3 is 2. The van der Waals surface area contributed by atoms with Crippen LogP contribution in [0.4, 0.5) is 0 Å². The summed E-state index contributed by atoms with van der Waals surface area (Å²) in [5.74, 6) is 0.629. The summed E-state index contributed by atoms with van der Waals surface area (Å²) in [5, 5.41) is 3.53. The molecule has 0 aromatic rings. The van der Waals surface area contributed by atoms with Crippen molar-refractivity contribution in [1.82, 2.24) is 5.32 Å². The number of hydrogen-bond donors (Lipinski definition) is 1. The molecule has 1 atom stereocenters. The topological polar surface area (TPSA) is 30.5 Å². The highest BCUT2D eigenvalue weighted by Gasteiger charge is 2.11. The number of nitrogens with one attached hydrogen (secondary N) is 1. The van der Waals surface area contributed by atoms with Gasteiger partial charge in [-0.05, 0) is 31.7 Å². The molecule has 0 aliphatic rings. The van der Waals surface area contributed by atoms with Gasteiger partial charge in [0.2, 0.25) is 0 Å². The van der Waals surface area contributed by atoms with Gasteiger partial charge < -0.3 is 14.8 Å². The van der Waals surface area contributed by atoms with E-state index in [0.717, 1.165) is 26.2 Å². The molecule has 0 radical (unpaired) electrons. The Hall–Kier alpha value is -0.120. The summed E-state index contributed by atoms with van der Waals surface area (Å²) in [6, 6.07) is 0.484. The lowest BCUT2D eigenvalue weighted by atomic mass is 10.1. The summed E-state index contributed by atoms with van der Waals surface area (Å²) in [7, 11) is 3.52. The van der Waals surface area contributed by atoms with E-state index in [1.807, 2.05) is 0 Å². The van der Waals surface area contributed by atoms with Crippen molar-refractivity contribution in [2.75, 3.05) is 34.0 Å². The van der Waals surface area contributed by atoms with Gasteiger partial charge in [0.05, 0.1) is 6.61 Å². The Bertz CT molecular complexity index is 129. The minimum absolute atomic E-state index is 0.484. The zero-order chi connectivity index (χ0) is 11.5. The predicted octanol–water partition coefficient (Wildman–Crippen LogP) is 2.06. The molecule has 0 aromatic carbocycles. The molecule has 0 aliphatic carbocycles. The molecule has 0 aliphatic heterocycles. The molecule has 0 heterocycles. The molecule has 3 heteroatoms. The highest BCUT2D eigenvalue weighted by molar-refractivity contribution is 4.69. The molecule has 0 amide bonds. The molecule has 0 saturated heterocycles. The van der Waals surface area contributed by atoms with Gasteiger partial charge in [0.25, 0.3) is 0 Å². The van der Waals surface area contributed by atoms with E-state index in [0.29, 0.717) is 12.0 Å². The molecule has 0 rings (SSSR count). The highest BCUT2D eigenvalue weighted by atomic mass is 16.5. The molecular weight excluding hydrogens is 190 g/mol. The first-order valence-corrected chi connectivity index (χ1v) is 5.93. The Morgan fingerprint density at radius 1 is 1.00 bits per heavy atom. The van der Waals surface area contributed by atoms with Crippen LogP contribution in [0.1, 0.15) is 33.1 Å². The van der Waals surface area contributed by atoms with Gasteiger partial charge >= 0.3 is 0 Å². The van der Waals surface area contributed by atoms with Gasteiger partial charge in [-0.15, -0.1) is 0 Å². The van der Waals surface area contributed by atoms with Crippen LogP contribution in [0.25, 0.3) is 0 Å². The van der Waals surface area contributed by atoms with Crippen LogP contribution >= 0.6 is 0 Å². The maximum absolute atomic E-state index is 5.18. The average Bonchev–Trinajstić information content (AvgIpc) is 2.21. The Balaban J connectivity index is 3.37. The van der Waals surface area contributed by atoms with Crippen LogP contribution in [0.15, 0.2) is 0 Å². The number of hydrogen-bond acceptors (Lipinski definition) is 3. The van der Waals surface area contributed by atoms with Gasteiger partial charge in [0.15, 0.2) is 0 Å². The number of unbranched alkanes of at least 4 members (excludes halogenated alkanes) is 2. The molecule has 3 nitrogen and oxygen atoms in total. The minimum atomic E-state index is 0.484. The van der Waals surface area contributed by atoms with E-state index >= 15 is 0 Å². The van der Waals surface area contributed by atoms with Gasteiger partial charge in [-0.3, -0.25) is 0 Å². The van der Waals surface area contributed by atoms with E-state index in [9.17, 15) is 0 Å². The zero-order valence-corrected chi connectivity index (χ0v) is 10.7. The molecule has 1 N–H and O–H groups in total. The molecule has 0 bridgehead atoms.